The number of hydrogen-bond acceptors (Lipinski definition) is 5. The maximum Gasteiger partial charge on any atom is 0.293 e. The molecule has 1 heterocycles. The van der Waals surface area contributed by atoms with Gasteiger partial charge in [-0.2, -0.15) is 5.26 Å². The molecule has 0 atom stereocenters. The Balaban J connectivity index is 2.25. The van der Waals surface area contributed by atoms with Gasteiger partial charge in [-0.05, 0) is 25.1 Å². The van der Waals surface area contributed by atoms with Crippen LogP contribution in [-0.4, -0.2) is 10.9 Å². The minimum atomic E-state index is -0.422. The quantitative estimate of drug-likeness (QED) is 0.799. The highest BCUT2D eigenvalue weighted by molar-refractivity contribution is 6.04. The molecule has 0 saturated heterocycles. The molecule has 2 rings (SSSR count). The van der Waals surface area contributed by atoms with Crippen molar-refractivity contribution in [3.63, 3.8) is 0 Å². The number of hydrogen-bond donors (Lipinski definition) is 2. The first-order valence-corrected chi connectivity index (χ1v) is 5.56. The third-order valence-electron chi connectivity index (χ3n) is 2.54. The predicted molar refractivity (Wildman–Crippen MR) is 69.5 cm³/mol. The summed E-state index contributed by atoms with van der Waals surface area (Å²) in [7, 11) is 0. The molecule has 0 aliphatic heterocycles. The average Bonchev–Trinajstić information content (AvgIpc) is 2.71. The largest absolute Gasteiger partial charge is 0.436 e. The highest BCUT2D eigenvalue weighted by Crippen LogP contribution is 2.21. The van der Waals surface area contributed by atoms with Crippen molar-refractivity contribution >= 4 is 17.3 Å². The Bertz CT molecular complexity index is 682. The topological polar surface area (TPSA) is 105 Å². The average molecular weight is 256 g/mol. The molecule has 0 radical (unpaired) electrons. The first-order valence-electron chi connectivity index (χ1n) is 5.56. The molecule has 0 aliphatic rings. The number of nitrogen functional groups attached to an aromatic ring is 1. The van der Waals surface area contributed by atoms with Crippen molar-refractivity contribution in [3.8, 4) is 6.07 Å². The normalized spacial score (nSPS) is 9.95. The molecule has 6 heteroatoms. The molecule has 19 heavy (non-hydrogen) atoms. The fraction of sp³-hybridized carbons (Fsp3) is 0.154. The van der Waals surface area contributed by atoms with Crippen LogP contribution < -0.4 is 11.1 Å². The molecular formula is C13H12N4O2. The van der Waals surface area contributed by atoms with Crippen LogP contribution in [0.3, 0.4) is 0 Å². The van der Waals surface area contributed by atoms with Crippen molar-refractivity contribution in [3.05, 3.63) is 41.1 Å². The zero-order chi connectivity index (χ0) is 14.0. The number of anilines is 2. The van der Waals surface area contributed by atoms with Crippen molar-refractivity contribution in [1.82, 2.24) is 4.98 Å². The van der Waals surface area contributed by atoms with Crippen molar-refractivity contribution in [1.29, 1.82) is 5.26 Å². The molecule has 3 N–H and O–H groups in total. The number of amides is 1. The minimum Gasteiger partial charge on any atom is -0.436 e. The van der Waals surface area contributed by atoms with Gasteiger partial charge in [0.15, 0.2) is 5.89 Å². The monoisotopic (exact) mass is 256 g/mol. The van der Waals surface area contributed by atoms with E-state index in [-0.39, 0.29) is 5.76 Å². The molecule has 0 fully saturated rings. The minimum absolute atomic E-state index is 0.154. The summed E-state index contributed by atoms with van der Waals surface area (Å²) in [5.74, 6) is 0.159. The number of rotatable bonds is 2. The summed E-state index contributed by atoms with van der Waals surface area (Å²) < 4.78 is 5.22. The fourth-order valence-corrected chi connectivity index (χ4v) is 1.67. The van der Waals surface area contributed by atoms with Crippen LogP contribution >= 0.6 is 0 Å². The van der Waals surface area contributed by atoms with E-state index in [0.717, 1.165) is 0 Å². The van der Waals surface area contributed by atoms with Gasteiger partial charge in [-0.25, -0.2) is 4.98 Å². The van der Waals surface area contributed by atoms with Crippen molar-refractivity contribution in [2.45, 2.75) is 13.8 Å². The van der Waals surface area contributed by atoms with Gasteiger partial charge >= 0.3 is 0 Å². The Hall–Kier alpha value is -2.81. The Labute approximate surface area is 109 Å². The van der Waals surface area contributed by atoms with E-state index in [0.29, 0.717) is 28.5 Å². The van der Waals surface area contributed by atoms with Gasteiger partial charge in [0, 0.05) is 6.92 Å². The Kier molecular flexibility index (Phi) is 3.21. The standard InChI is InChI=1S/C13H12N4O2/c1-7-12(19-8(2)16-7)13(18)17-11-4-3-9(6-14)5-10(11)15/h3-5H,15H2,1-2H3,(H,17,18). The fourth-order valence-electron chi connectivity index (χ4n) is 1.67. The molecule has 1 aromatic heterocycles. The highest BCUT2D eigenvalue weighted by atomic mass is 16.4. The molecule has 0 bridgehead atoms. The van der Waals surface area contributed by atoms with Crippen LogP contribution in [0.5, 0.6) is 0 Å². The van der Waals surface area contributed by atoms with Gasteiger partial charge in [0.1, 0.15) is 0 Å². The van der Waals surface area contributed by atoms with E-state index in [1.54, 1.807) is 26.0 Å². The second-order valence-electron chi connectivity index (χ2n) is 4.02. The summed E-state index contributed by atoms with van der Waals surface area (Å²) in [6, 6.07) is 6.61. The molecule has 1 aromatic carbocycles. The Morgan fingerprint density at radius 2 is 2.21 bits per heavy atom. The molecule has 96 valence electrons. The number of nitrogens with zero attached hydrogens (tertiary/aromatic N) is 2. The number of aryl methyl sites for hydroxylation is 2. The second kappa shape index (κ2) is 4.82. The molecule has 0 unspecified atom stereocenters. The van der Waals surface area contributed by atoms with Crippen LogP contribution in [0, 0.1) is 25.2 Å². The number of benzene rings is 1. The zero-order valence-electron chi connectivity index (χ0n) is 10.5. The van der Waals surface area contributed by atoms with Gasteiger partial charge in [-0.1, -0.05) is 0 Å². The Morgan fingerprint density at radius 1 is 1.47 bits per heavy atom. The lowest BCUT2D eigenvalue weighted by Crippen LogP contribution is -2.13. The molecule has 0 spiro atoms. The van der Waals surface area contributed by atoms with Gasteiger partial charge < -0.3 is 15.5 Å². The third-order valence-corrected chi connectivity index (χ3v) is 2.54. The molecule has 0 aliphatic carbocycles. The predicted octanol–water partition coefficient (Wildman–Crippen LogP) is 2.00. The second-order valence-corrected chi connectivity index (χ2v) is 4.02. The SMILES string of the molecule is Cc1nc(C)c(C(=O)Nc2ccc(C#N)cc2N)o1. The summed E-state index contributed by atoms with van der Waals surface area (Å²) in [4.78, 5) is 16.0. The van der Waals surface area contributed by atoms with Crippen LogP contribution in [0.25, 0.3) is 0 Å². The van der Waals surface area contributed by atoms with Crippen molar-refractivity contribution in [2.75, 3.05) is 11.1 Å². The number of aromatic nitrogens is 1. The van der Waals surface area contributed by atoms with Crippen LogP contribution in [0.1, 0.15) is 27.7 Å². The summed E-state index contributed by atoms with van der Waals surface area (Å²) in [6.07, 6.45) is 0. The Morgan fingerprint density at radius 3 is 2.74 bits per heavy atom. The summed E-state index contributed by atoms with van der Waals surface area (Å²) >= 11 is 0. The third kappa shape index (κ3) is 2.55. The number of carbonyl (C=O) groups is 1. The first kappa shape index (κ1) is 12.6. The van der Waals surface area contributed by atoms with E-state index in [2.05, 4.69) is 10.3 Å². The van der Waals surface area contributed by atoms with Crippen LogP contribution in [0.4, 0.5) is 11.4 Å². The summed E-state index contributed by atoms with van der Waals surface area (Å²) in [5, 5.41) is 11.4. The van der Waals surface area contributed by atoms with E-state index in [9.17, 15) is 4.79 Å². The lowest BCUT2D eigenvalue weighted by atomic mass is 10.2. The summed E-state index contributed by atoms with van der Waals surface area (Å²) in [5.41, 5.74) is 7.45. The van der Waals surface area contributed by atoms with Crippen molar-refractivity contribution in [2.24, 2.45) is 0 Å². The first-order chi connectivity index (χ1) is 9.01. The smallest absolute Gasteiger partial charge is 0.293 e. The van der Waals surface area contributed by atoms with Crippen LogP contribution in [0.2, 0.25) is 0 Å². The highest BCUT2D eigenvalue weighted by Gasteiger charge is 2.16. The number of nitrogens with one attached hydrogen (secondary N) is 1. The lowest BCUT2D eigenvalue weighted by Gasteiger charge is -2.07. The maximum atomic E-state index is 12.0. The van der Waals surface area contributed by atoms with Crippen LogP contribution in [-0.2, 0) is 0 Å². The van der Waals surface area contributed by atoms with Gasteiger partial charge in [0.05, 0.1) is 28.7 Å². The van der Waals surface area contributed by atoms with Gasteiger partial charge in [-0.15, -0.1) is 0 Å². The maximum absolute atomic E-state index is 12.0. The van der Waals surface area contributed by atoms with Gasteiger partial charge in [-0.3, -0.25) is 4.79 Å². The number of oxazole rings is 1. The van der Waals surface area contributed by atoms with Gasteiger partial charge in [0.2, 0.25) is 5.76 Å². The molecule has 6 nitrogen and oxygen atoms in total. The summed E-state index contributed by atoms with van der Waals surface area (Å²) in [6.45, 7) is 3.35. The number of nitriles is 1. The molecule has 0 saturated carbocycles. The number of nitrogens with two attached hydrogens (primary N) is 1. The molecule has 2 aromatic rings. The number of carbonyl (C=O) groups excluding carboxylic acids is 1. The van der Waals surface area contributed by atoms with E-state index >= 15 is 0 Å². The van der Waals surface area contributed by atoms with E-state index in [1.807, 2.05) is 6.07 Å². The van der Waals surface area contributed by atoms with E-state index in [4.69, 9.17) is 15.4 Å². The molecular weight excluding hydrogens is 244 g/mol. The van der Waals surface area contributed by atoms with E-state index < -0.39 is 5.91 Å². The lowest BCUT2D eigenvalue weighted by molar-refractivity contribution is 0.0994. The van der Waals surface area contributed by atoms with E-state index in [1.165, 1.54) is 6.07 Å². The van der Waals surface area contributed by atoms with Gasteiger partial charge in [0.25, 0.3) is 5.91 Å². The zero-order valence-corrected chi connectivity index (χ0v) is 10.5. The van der Waals surface area contributed by atoms with Crippen LogP contribution in [0.15, 0.2) is 22.6 Å². The van der Waals surface area contributed by atoms with Crippen molar-refractivity contribution < 1.29 is 9.21 Å². The molecule has 1 amide bonds.